The molecule has 0 radical (unpaired) electrons. The van der Waals surface area contributed by atoms with E-state index in [1.54, 1.807) is 10.2 Å². The van der Waals surface area contributed by atoms with Crippen LogP contribution in [0.15, 0.2) is 24.3 Å². The molecule has 2 unspecified atom stereocenters. The molecule has 238 valence electrons. The minimum absolute atomic E-state index is 0.00697. The number of alkyl halides is 1. The van der Waals surface area contributed by atoms with Gasteiger partial charge >= 0.3 is 6.01 Å². The van der Waals surface area contributed by atoms with Gasteiger partial charge in [0.15, 0.2) is 11.6 Å². The van der Waals surface area contributed by atoms with E-state index in [9.17, 15) is 13.9 Å². The number of pyridine rings is 1. The molecule has 5 aliphatic rings. The number of rotatable bonds is 6. The van der Waals surface area contributed by atoms with Crippen molar-refractivity contribution in [2.75, 3.05) is 47.8 Å². The maximum absolute atomic E-state index is 17.1. The molecule has 0 amide bonds. The molecule has 5 saturated heterocycles. The van der Waals surface area contributed by atoms with E-state index in [-0.39, 0.29) is 58.2 Å². The van der Waals surface area contributed by atoms with Gasteiger partial charge in [-0.1, -0.05) is 12.0 Å². The number of phenolic OH excluding ortho intramolecular Hbond substituents is 1. The Balaban J connectivity index is 1.34. The van der Waals surface area contributed by atoms with Crippen LogP contribution in [0.4, 0.5) is 24.8 Å². The smallest absolute Gasteiger partial charge is 0.319 e. The standard InChI is InChI=1S/C33H31F3IN7O2/c1-3-22-24(35)6-5-17-9-21(45)11-23(25(17)22)28-27(36)29-26(30(39-28)42(2)37)31(43-14-19-10-20(15-43)38-19)41-32(40-29)46-16-33-7-4-8-44(33)13-18(34)12-33/h1,5-6,9,11,18-20,38,45H,4,7-8,10,12-16H2,2H3/t18-,19?,20?,33+/m1/s1. The molecular formula is C33H31F3IN7O2. The highest BCUT2D eigenvalue weighted by Crippen LogP contribution is 2.44. The Hall–Kier alpha value is -3.61. The van der Waals surface area contributed by atoms with Crippen molar-refractivity contribution in [3.05, 3.63) is 41.5 Å². The highest BCUT2D eigenvalue weighted by molar-refractivity contribution is 14.1. The van der Waals surface area contributed by atoms with Crippen LogP contribution in [0.2, 0.25) is 0 Å². The predicted molar refractivity (Wildman–Crippen MR) is 178 cm³/mol. The summed E-state index contributed by atoms with van der Waals surface area (Å²) in [5.41, 5.74) is -0.548. The van der Waals surface area contributed by atoms with Crippen LogP contribution >= 0.6 is 22.9 Å². The fourth-order valence-electron chi connectivity index (χ4n) is 7.90. The topological polar surface area (TPSA) is 89.9 Å². The highest BCUT2D eigenvalue weighted by atomic mass is 127. The van der Waals surface area contributed by atoms with Crippen molar-refractivity contribution in [1.29, 1.82) is 0 Å². The average molecular weight is 742 g/mol. The maximum Gasteiger partial charge on any atom is 0.319 e. The average Bonchev–Trinajstić information content (AvgIpc) is 3.55. The second-order valence-corrected chi connectivity index (χ2v) is 14.3. The lowest BCUT2D eigenvalue weighted by Gasteiger charge is -2.49. The van der Waals surface area contributed by atoms with Gasteiger partial charge < -0.3 is 23.2 Å². The van der Waals surface area contributed by atoms with Gasteiger partial charge in [0.2, 0.25) is 0 Å². The van der Waals surface area contributed by atoms with E-state index in [4.69, 9.17) is 21.1 Å². The predicted octanol–water partition coefficient (Wildman–Crippen LogP) is 5.10. The number of nitrogens with zero attached hydrogens (tertiary/aromatic N) is 6. The van der Waals surface area contributed by atoms with Crippen LogP contribution < -0.4 is 18.1 Å². The molecule has 2 aromatic heterocycles. The molecule has 4 aromatic rings. The number of anilines is 2. The second kappa shape index (κ2) is 11.0. The molecular weight excluding hydrogens is 710 g/mol. The van der Waals surface area contributed by atoms with Crippen LogP contribution in [0.25, 0.3) is 32.9 Å². The second-order valence-electron chi connectivity index (χ2n) is 12.9. The maximum atomic E-state index is 17.1. The van der Waals surface area contributed by atoms with Crippen molar-refractivity contribution in [2.24, 2.45) is 0 Å². The van der Waals surface area contributed by atoms with Crippen molar-refractivity contribution < 1.29 is 23.0 Å². The number of nitrogens with one attached hydrogen (secondary N) is 1. The van der Waals surface area contributed by atoms with Crippen molar-refractivity contribution in [1.82, 2.24) is 25.2 Å². The number of hydrogen-bond acceptors (Lipinski definition) is 9. The molecule has 5 fully saturated rings. The van der Waals surface area contributed by atoms with E-state index in [1.165, 1.54) is 24.3 Å². The van der Waals surface area contributed by atoms with Gasteiger partial charge in [0.1, 0.15) is 41.4 Å². The van der Waals surface area contributed by atoms with Gasteiger partial charge in [0.05, 0.1) is 39.4 Å². The zero-order valence-corrected chi connectivity index (χ0v) is 27.2. The highest BCUT2D eigenvalue weighted by Gasteiger charge is 2.49. The van der Waals surface area contributed by atoms with Crippen LogP contribution in [-0.2, 0) is 0 Å². The van der Waals surface area contributed by atoms with Crippen LogP contribution in [0, 0.1) is 24.0 Å². The molecule has 2 aromatic carbocycles. The first kappa shape index (κ1) is 29.8. The van der Waals surface area contributed by atoms with Crippen LogP contribution in [0.5, 0.6) is 11.8 Å². The number of piperazine rings is 1. The van der Waals surface area contributed by atoms with Gasteiger partial charge in [-0.3, -0.25) is 4.90 Å². The summed E-state index contributed by atoms with van der Waals surface area (Å²) in [6, 6.07) is 6.05. The molecule has 5 aliphatic heterocycles. The normalized spacial score (nSPS) is 25.5. The quantitative estimate of drug-likeness (QED) is 0.159. The first-order valence-corrected chi connectivity index (χ1v) is 16.4. The Kier molecular flexibility index (Phi) is 7.11. The summed E-state index contributed by atoms with van der Waals surface area (Å²) in [6.07, 6.45) is 7.99. The van der Waals surface area contributed by atoms with E-state index in [1.807, 2.05) is 0 Å². The van der Waals surface area contributed by atoms with Gasteiger partial charge in [-0.2, -0.15) is 9.97 Å². The number of hydrogen-bond donors (Lipinski definition) is 2. The van der Waals surface area contributed by atoms with Gasteiger partial charge in [0.25, 0.3) is 0 Å². The number of fused-ring (bicyclic) bond motifs is 5. The van der Waals surface area contributed by atoms with Crippen molar-refractivity contribution in [2.45, 2.75) is 49.5 Å². The number of halogens is 4. The summed E-state index contributed by atoms with van der Waals surface area (Å²) >= 11 is 2.07. The molecule has 2 N–H and O–H groups in total. The third kappa shape index (κ3) is 4.71. The summed E-state index contributed by atoms with van der Waals surface area (Å²) in [5, 5.41) is 15.3. The molecule has 0 spiro atoms. The number of ether oxygens (including phenoxy) is 1. The fraction of sp³-hybridized carbons (Fsp3) is 0.424. The first-order valence-electron chi connectivity index (χ1n) is 15.4. The van der Waals surface area contributed by atoms with Gasteiger partial charge in [-0.25, -0.2) is 18.2 Å². The number of aromatic nitrogens is 3. The minimum Gasteiger partial charge on any atom is -0.508 e. The molecule has 2 bridgehead atoms. The summed E-state index contributed by atoms with van der Waals surface area (Å²) in [4.78, 5) is 18.5. The van der Waals surface area contributed by atoms with Gasteiger partial charge in [-0.15, -0.1) is 6.42 Å². The Morgan fingerprint density at radius 1 is 1.17 bits per heavy atom. The molecule has 9 nitrogen and oxygen atoms in total. The van der Waals surface area contributed by atoms with Crippen LogP contribution in [0.3, 0.4) is 0 Å². The lowest BCUT2D eigenvalue weighted by atomic mass is 9.91. The fourth-order valence-corrected chi connectivity index (χ4v) is 8.25. The molecule has 46 heavy (non-hydrogen) atoms. The van der Waals surface area contributed by atoms with Crippen molar-refractivity contribution in [3.63, 3.8) is 0 Å². The summed E-state index contributed by atoms with van der Waals surface area (Å²) in [5.74, 6) is 1.69. The minimum atomic E-state index is -0.924. The molecule has 9 rings (SSSR count). The number of piperidine rings is 1. The summed E-state index contributed by atoms with van der Waals surface area (Å²) in [7, 11) is 1.78. The number of aromatic hydroxyl groups is 1. The van der Waals surface area contributed by atoms with E-state index in [0.29, 0.717) is 48.5 Å². The zero-order valence-electron chi connectivity index (χ0n) is 25.0. The number of benzene rings is 2. The van der Waals surface area contributed by atoms with Crippen molar-refractivity contribution >= 4 is 56.2 Å². The Morgan fingerprint density at radius 2 is 1.96 bits per heavy atom. The van der Waals surface area contributed by atoms with Gasteiger partial charge in [-0.05, 0) is 49.4 Å². The summed E-state index contributed by atoms with van der Waals surface area (Å²) < 4.78 is 54.5. The molecule has 0 saturated carbocycles. The monoisotopic (exact) mass is 741 g/mol. The van der Waals surface area contributed by atoms with Crippen molar-refractivity contribution in [3.8, 4) is 35.4 Å². The van der Waals surface area contributed by atoms with E-state index in [2.05, 4.69) is 48.9 Å². The molecule has 4 atom stereocenters. The van der Waals surface area contributed by atoms with E-state index < -0.39 is 23.3 Å². The molecule has 0 aliphatic carbocycles. The van der Waals surface area contributed by atoms with E-state index >= 15 is 4.39 Å². The Bertz CT molecular complexity index is 1940. The number of phenols is 1. The van der Waals surface area contributed by atoms with Crippen LogP contribution in [0.1, 0.15) is 31.2 Å². The summed E-state index contributed by atoms with van der Waals surface area (Å²) in [6.45, 7) is 2.71. The Morgan fingerprint density at radius 3 is 2.70 bits per heavy atom. The SMILES string of the molecule is C#Cc1c(F)ccc2cc(O)cc(-c3nc(N(C)I)c4c(N5CC6CC(C5)N6)nc(OC[C@@]56CCCN5C[C@H](F)C6)nc4c3F)c12. The lowest BCUT2D eigenvalue weighted by Crippen LogP contribution is -2.67. The van der Waals surface area contributed by atoms with Crippen LogP contribution in [-0.4, -0.2) is 88.6 Å². The third-order valence-electron chi connectivity index (χ3n) is 9.92. The number of terminal acetylenes is 1. The first-order chi connectivity index (χ1) is 22.1. The zero-order chi connectivity index (χ0) is 31.9. The Labute approximate surface area is 277 Å². The molecule has 7 heterocycles. The molecule has 13 heteroatoms. The third-order valence-corrected chi connectivity index (χ3v) is 10.4. The van der Waals surface area contributed by atoms with Gasteiger partial charge in [0, 0.05) is 56.1 Å². The van der Waals surface area contributed by atoms with E-state index in [0.717, 1.165) is 25.8 Å². The lowest BCUT2D eigenvalue weighted by molar-refractivity contribution is 0.107. The largest absolute Gasteiger partial charge is 0.508 e.